The van der Waals surface area contributed by atoms with Crippen molar-refractivity contribution >= 4 is 17.7 Å². The van der Waals surface area contributed by atoms with Gasteiger partial charge in [0.15, 0.2) is 0 Å². The maximum absolute atomic E-state index is 12.5. The molecule has 0 saturated heterocycles. The van der Waals surface area contributed by atoms with Gasteiger partial charge in [0.1, 0.15) is 0 Å². The first-order chi connectivity index (χ1) is 11.6. The highest BCUT2D eigenvalue weighted by Crippen LogP contribution is 2.26. The van der Waals surface area contributed by atoms with E-state index in [1.54, 1.807) is 11.8 Å². The summed E-state index contributed by atoms with van der Waals surface area (Å²) in [5.74, 6) is 0.0917. The first-order valence-corrected chi connectivity index (χ1v) is 9.65. The van der Waals surface area contributed by atoms with Crippen LogP contribution in [-0.2, 0) is 17.6 Å². The highest BCUT2D eigenvalue weighted by Gasteiger charge is 2.18. The second-order valence-corrected chi connectivity index (χ2v) is 7.95. The number of nitrogens with one attached hydrogen (secondary N) is 1. The van der Waals surface area contributed by atoms with Crippen molar-refractivity contribution in [2.75, 3.05) is 0 Å². The van der Waals surface area contributed by atoms with Crippen molar-refractivity contribution in [2.24, 2.45) is 0 Å². The summed E-state index contributed by atoms with van der Waals surface area (Å²) in [4.78, 5) is 13.6. The molecule has 0 unspecified atom stereocenters. The molecule has 2 aromatic rings. The maximum atomic E-state index is 12.5. The van der Waals surface area contributed by atoms with E-state index in [2.05, 4.69) is 30.4 Å². The molecule has 1 N–H and O–H groups in total. The van der Waals surface area contributed by atoms with Gasteiger partial charge in [-0.05, 0) is 68.4 Å². The Morgan fingerprint density at radius 1 is 1.00 bits per heavy atom. The number of benzene rings is 2. The van der Waals surface area contributed by atoms with E-state index in [1.165, 1.54) is 42.4 Å². The third kappa shape index (κ3) is 4.21. The van der Waals surface area contributed by atoms with Crippen LogP contribution in [0.15, 0.2) is 53.4 Å². The monoisotopic (exact) mass is 339 g/mol. The van der Waals surface area contributed by atoms with Crippen LogP contribution in [0.3, 0.4) is 0 Å². The number of aryl methyl sites for hydroxylation is 2. The van der Waals surface area contributed by atoms with Gasteiger partial charge in [0.25, 0.3) is 0 Å². The molecule has 0 radical (unpaired) electrons. The van der Waals surface area contributed by atoms with E-state index in [-0.39, 0.29) is 17.2 Å². The lowest BCUT2D eigenvalue weighted by Crippen LogP contribution is -2.33. The Labute approximate surface area is 149 Å². The predicted molar refractivity (Wildman–Crippen MR) is 101 cm³/mol. The van der Waals surface area contributed by atoms with Crippen molar-refractivity contribution in [3.8, 4) is 0 Å². The summed E-state index contributed by atoms with van der Waals surface area (Å²) in [5, 5.41) is 3.06. The van der Waals surface area contributed by atoms with Crippen LogP contribution < -0.4 is 5.32 Å². The fourth-order valence-corrected chi connectivity index (χ4v) is 4.09. The Kier molecular flexibility index (Phi) is 5.62. The average molecular weight is 340 g/mol. The molecule has 1 aliphatic rings. The fraction of sp³-hybridized carbons (Fsp3) is 0.381. The van der Waals surface area contributed by atoms with Crippen molar-refractivity contribution in [1.29, 1.82) is 0 Å². The molecule has 2 aromatic carbocycles. The number of thioether (sulfide) groups is 1. The first kappa shape index (κ1) is 17.1. The minimum Gasteiger partial charge on any atom is -0.349 e. The van der Waals surface area contributed by atoms with Gasteiger partial charge in [-0.25, -0.2) is 0 Å². The number of amides is 1. The second-order valence-electron chi connectivity index (χ2n) is 6.54. The fourth-order valence-electron chi connectivity index (χ4n) is 3.19. The zero-order valence-electron chi connectivity index (χ0n) is 14.4. The normalized spacial score (nSPS) is 16.1. The third-order valence-corrected chi connectivity index (χ3v) is 5.77. The third-order valence-electron chi connectivity index (χ3n) is 4.66. The van der Waals surface area contributed by atoms with Crippen LogP contribution >= 0.6 is 11.8 Å². The van der Waals surface area contributed by atoms with Crippen molar-refractivity contribution in [3.63, 3.8) is 0 Å². The van der Waals surface area contributed by atoms with Crippen LogP contribution in [0.4, 0.5) is 0 Å². The number of carbonyl (C=O) groups is 1. The number of rotatable bonds is 5. The Hall–Kier alpha value is -1.74. The quantitative estimate of drug-likeness (QED) is 0.783. The lowest BCUT2D eigenvalue weighted by Gasteiger charge is -2.21. The van der Waals surface area contributed by atoms with E-state index in [0.29, 0.717) is 0 Å². The molecule has 1 aliphatic carbocycles. The Morgan fingerprint density at radius 3 is 2.46 bits per heavy atom. The number of carbonyl (C=O) groups excluding carboxylic acids is 1. The standard InChI is InChI=1S/C21H25NOS/c1-15(18-13-12-17-8-6-7-9-19(17)14-18)22-21(23)16(2)24-20-10-4-3-5-11-20/h3-5,10-16H,6-9H2,1-2H3,(H,22,23)/t15-,16+/m1/s1. The average Bonchev–Trinajstić information content (AvgIpc) is 2.62. The molecule has 0 aliphatic heterocycles. The molecule has 3 rings (SSSR count). The van der Waals surface area contributed by atoms with Crippen molar-refractivity contribution in [2.45, 2.75) is 55.7 Å². The molecule has 24 heavy (non-hydrogen) atoms. The minimum absolute atomic E-state index is 0.0450. The van der Waals surface area contributed by atoms with Gasteiger partial charge < -0.3 is 5.32 Å². The van der Waals surface area contributed by atoms with Crippen LogP contribution in [0.5, 0.6) is 0 Å². The highest BCUT2D eigenvalue weighted by atomic mass is 32.2. The summed E-state index contributed by atoms with van der Waals surface area (Å²) in [6, 6.07) is 16.8. The van der Waals surface area contributed by atoms with E-state index in [0.717, 1.165) is 4.90 Å². The van der Waals surface area contributed by atoms with E-state index in [1.807, 2.05) is 37.3 Å². The molecule has 0 bridgehead atoms. The predicted octanol–water partition coefficient (Wildman–Crippen LogP) is 4.92. The molecule has 0 fully saturated rings. The summed E-state index contributed by atoms with van der Waals surface area (Å²) in [6.07, 6.45) is 4.94. The van der Waals surface area contributed by atoms with E-state index in [9.17, 15) is 4.79 Å². The molecule has 1 amide bonds. The topological polar surface area (TPSA) is 29.1 Å². The Morgan fingerprint density at radius 2 is 1.71 bits per heavy atom. The molecule has 0 heterocycles. The summed E-state index contributed by atoms with van der Waals surface area (Å²) in [5.41, 5.74) is 4.16. The molecule has 0 saturated carbocycles. The Bertz CT molecular complexity index is 698. The summed E-state index contributed by atoms with van der Waals surface area (Å²) in [7, 11) is 0. The van der Waals surface area contributed by atoms with Crippen LogP contribution in [0.25, 0.3) is 0 Å². The van der Waals surface area contributed by atoms with Gasteiger partial charge in [-0.3, -0.25) is 4.79 Å². The zero-order chi connectivity index (χ0) is 16.9. The molecular formula is C21H25NOS. The van der Waals surface area contributed by atoms with Crippen molar-refractivity contribution < 1.29 is 4.79 Å². The smallest absolute Gasteiger partial charge is 0.233 e. The van der Waals surface area contributed by atoms with Gasteiger partial charge in [0.2, 0.25) is 5.91 Å². The van der Waals surface area contributed by atoms with Gasteiger partial charge in [-0.1, -0.05) is 36.4 Å². The van der Waals surface area contributed by atoms with Crippen LogP contribution in [0, 0.1) is 0 Å². The van der Waals surface area contributed by atoms with E-state index >= 15 is 0 Å². The molecule has 0 spiro atoms. The number of hydrogen-bond donors (Lipinski definition) is 1. The van der Waals surface area contributed by atoms with Crippen molar-refractivity contribution in [3.05, 3.63) is 65.2 Å². The number of hydrogen-bond acceptors (Lipinski definition) is 2. The second kappa shape index (κ2) is 7.89. The summed E-state index contributed by atoms with van der Waals surface area (Å²) in [6.45, 7) is 4.04. The lowest BCUT2D eigenvalue weighted by molar-refractivity contribution is -0.120. The molecule has 2 nitrogen and oxygen atoms in total. The van der Waals surface area contributed by atoms with Crippen LogP contribution in [-0.4, -0.2) is 11.2 Å². The molecule has 0 aromatic heterocycles. The zero-order valence-corrected chi connectivity index (χ0v) is 15.2. The van der Waals surface area contributed by atoms with Gasteiger partial charge >= 0.3 is 0 Å². The minimum atomic E-state index is -0.104. The van der Waals surface area contributed by atoms with Crippen LogP contribution in [0.2, 0.25) is 0 Å². The first-order valence-electron chi connectivity index (χ1n) is 8.77. The van der Waals surface area contributed by atoms with E-state index in [4.69, 9.17) is 0 Å². The Balaban J connectivity index is 1.61. The SMILES string of the molecule is C[C@H](Sc1ccccc1)C(=O)N[C@H](C)c1ccc2c(c1)CCCC2. The van der Waals surface area contributed by atoms with Gasteiger partial charge in [0.05, 0.1) is 11.3 Å². The molecular weight excluding hydrogens is 314 g/mol. The highest BCUT2D eigenvalue weighted by molar-refractivity contribution is 8.00. The molecule has 3 heteroatoms. The van der Waals surface area contributed by atoms with Gasteiger partial charge in [-0.15, -0.1) is 11.8 Å². The summed E-state index contributed by atoms with van der Waals surface area (Å²) < 4.78 is 0. The largest absolute Gasteiger partial charge is 0.349 e. The number of fused-ring (bicyclic) bond motifs is 1. The van der Waals surface area contributed by atoms with Crippen molar-refractivity contribution in [1.82, 2.24) is 5.32 Å². The van der Waals surface area contributed by atoms with E-state index < -0.39 is 0 Å². The summed E-state index contributed by atoms with van der Waals surface area (Å²) >= 11 is 1.60. The van der Waals surface area contributed by atoms with Gasteiger partial charge in [0, 0.05) is 4.90 Å². The van der Waals surface area contributed by atoms with Gasteiger partial charge in [-0.2, -0.15) is 0 Å². The lowest BCUT2D eigenvalue weighted by atomic mass is 9.89. The molecule has 2 atom stereocenters. The molecule has 126 valence electrons. The maximum Gasteiger partial charge on any atom is 0.233 e. The van der Waals surface area contributed by atoms with Crippen LogP contribution in [0.1, 0.15) is 49.4 Å².